The van der Waals surface area contributed by atoms with Gasteiger partial charge in [-0.2, -0.15) is 0 Å². The molecule has 0 saturated heterocycles. The Hall–Kier alpha value is -7.89. The predicted molar refractivity (Wildman–Crippen MR) is 234 cm³/mol. The molecule has 0 N–H and O–H groups in total. The molecule has 2 aliphatic rings. The van der Waals surface area contributed by atoms with Gasteiger partial charge in [-0.3, -0.25) is 0 Å². The molecule has 0 saturated carbocycles. The minimum atomic E-state index is -0.610. The van der Waals surface area contributed by atoms with Crippen LogP contribution < -0.4 is 4.74 Å². The molecule has 59 heavy (non-hydrogen) atoms. The summed E-state index contributed by atoms with van der Waals surface area (Å²) in [7, 11) is 0. The number of hydrogen-bond acceptors (Lipinski definition) is 5. The van der Waals surface area contributed by atoms with Crippen LogP contribution in [0.5, 0.6) is 11.5 Å². The van der Waals surface area contributed by atoms with E-state index in [1.54, 1.807) is 6.26 Å². The highest BCUT2D eigenvalue weighted by atomic mass is 16.5. The molecule has 1 unspecified atom stereocenters. The van der Waals surface area contributed by atoms with Gasteiger partial charge in [-0.25, -0.2) is 15.0 Å². The summed E-state index contributed by atoms with van der Waals surface area (Å²) in [5.74, 6) is 3.61. The third-order valence-corrected chi connectivity index (χ3v) is 11.9. The Labute approximate surface area is 340 Å². The predicted octanol–water partition coefficient (Wildman–Crippen LogP) is 13.4. The average molecular weight is 756 g/mol. The zero-order valence-electron chi connectivity index (χ0n) is 31.7. The first kappa shape index (κ1) is 33.3. The van der Waals surface area contributed by atoms with E-state index < -0.39 is 5.41 Å². The number of fused-ring (bicyclic) bond motifs is 11. The maximum Gasteiger partial charge on any atom is 0.164 e. The second-order valence-corrected chi connectivity index (χ2v) is 15.1. The van der Waals surface area contributed by atoms with Crippen LogP contribution >= 0.6 is 0 Å². The van der Waals surface area contributed by atoms with Gasteiger partial charge in [0, 0.05) is 38.8 Å². The van der Waals surface area contributed by atoms with Crippen LogP contribution in [0.25, 0.3) is 78.5 Å². The van der Waals surface area contributed by atoms with Crippen molar-refractivity contribution in [3.8, 4) is 79.0 Å². The number of para-hydroxylation sites is 1. The van der Waals surface area contributed by atoms with Crippen LogP contribution in [0, 0.1) is 0 Å². The van der Waals surface area contributed by atoms with Gasteiger partial charge in [-0.05, 0) is 75.3 Å². The molecule has 0 radical (unpaired) electrons. The zero-order valence-corrected chi connectivity index (χ0v) is 31.7. The number of ether oxygens (including phenoxy) is 1. The third-order valence-electron chi connectivity index (χ3n) is 11.9. The van der Waals surface area contributed by atoms with Crippen LogP contribution in [-0.2, 0) is 5.41 Å². The molecule has 3 heterocycles. The molecule has 1 aliphatic heterocycles. The van der Waals surface area contributed by atoms with E-state index >= 15 is 0 Å². The molecule has 12 rings (SSSR count). The quantitative estimate of drug-likeness (QED) is 0.175. The number of rotatable bonds is 5. The molecule has 1 spiro atoms. The molecule has 1 aliphatic carbocycles. The van der Waals surface area contributed by atoms with Gasteiger partial charge in [0.2, 0.25) is 0 Å². The summed E-state index contributed by atoms with van der Waals surface area (Å²) in [6.07, 6.45) is 1.79. The van der Waals surface area contributed by atoms with Crippen molar-refractivity contribution in [2.75, 3.05) is 0 Å². The van der Waals surface area contributed by atoms with Gasteiger partial charge >= 0.3 is 0 Å². The van der Waals surface area contributed by atoms with Crippen LogP contribution in [0.4, 0.5) is 0 Å². The van der Waals surface area contributed by atoms with Crippen molar-refractivity contribution in [3.05, 3.63) is 223 Å². The van der Waals surface area contributed by atoms with Crippen LogP contribution in [0.15, 0.2) is 205 Å². The Morgan fingerprint density at radius 2 is 0.898 bits per heavy atom. The Morgan fingerprint density at radius 3 is 1.61 bits per heavy atom. The lowest BCUT2D eigenvalue weighted by atomic mass is 9.65. The van der Waals surface area contributed by atoms with Crippen molar-refractivity contribution >= 4 is 11.0 Å². The average Bonchev–Trinajstić information content (AvgIpc) is 3.91. The molecule has 5 nitrogen and oxygen atoms in total. The summed E-state index contributed by atoms with van der Waals surface area (Å²) in [6.45, 7) is 0. The lowest BCUT2D eigenvalue weighted by Crippen LogP contribution is -2.32. The van der Waals surface area contributed by atoms with Gasteiger partial charge in [0.05, 0.1) is 11.7 Å². The van der Waals surface area contributed by atoms with Gasteiger partial charge in [0.25, 0.3) is 0 Å². The van der Waals surface area contributed by atoms with Gasteiger partial charge in [0.1, 0.15) is 17.1 Å². The first-order valence-electron chi connectivity index (χ1n) is 19.8. The Balaban J connectivity index is 0.988. The van der Waals surface area contributed by atoms with E-state index in [9.17, 15) is 0 Å². The van der Waals surface area contributed by atoms with Crippen molar-refractivity contribution in [3.63, 3.8) is 0 Å². The fraction of sp³-hybridized carbons (Fsp3) is 0.0185. The third kappa shape index (κ3) is 5.15. The molecular formula is C54H33N3O2. The van der Waals surface area contributed by atoms with Crippen LogP contribution in [0.2, 0.25) is 0 Å². The second kappa shape index (κ2) is 13.1. The fourth-order valence-corrected chi connectivity index (χ4v) is 9.24. The van der Waals surface area contributed by atoms with Crippen molar-refractivity contribution < 1.29 is 9.15 Å². The van der Waals surface area contributed by atoms with E-state index in [1.165, 1.54) is 16.7 Å². The normalized spacial score (nSPS) is 14.6. The lowest BCUT2D eigenvalue weighted by molar-refractivity contribution is 0.436. The zero-order chi connectivity index (χ0) is 38.9. The smallest absolute Gasteiger partial charge is 0.164 e. The minimum absolute atomic E-state index is 0.610. The van der Waals surface area contributed by atoms with Crippen molar-refractivity contribution in [1.82, 2.24) is 15.0 Å². The molecule has 2 aromatic heterocycles. The molecule has 0 amide bonds. The van der Waals surface area contributed by atoms with Crippen molar-refractivity contribution in [2.24, 2.45) is 0 Å². The summed E-state index contributed by atoms with van der Waals surface area (Å²) >= 11 is 0. The van der Waals surface area contributed by atoms with Gasteiger partial charge in [-0.15, -0.1) is 0 Å². The number of hydrogen-bond donors (Lipinski definition) is 0. The number of nitrogens with zero attached hydrogens (tertiary/aromatic N) is 3. The maximum absolute atomic E-state index is 6.74. The van der Waals surface area contributed by atoms with Crippen LogP contribution in [-0.4, -0.2) is 15.0 Å². The molecule has 0 bridgehead atoms. The van der Waals surface area contributed by atoms with Gasteiger partial charge < -0.3 is 9.15 Å². The highest BCUT2D eigenvalue weighted by Crippen LogP contribution is 2.63. The van der Waals surface area contributed by atoms with E-state index in [4.69, 9.17) is 24.1 Å². The summed E-state index contributed by atoms with van der Waals surface area (Å²) in [5.41, 5.74) is 14.5. The number of furan rings is 1. The molecule has 276 valence electrons. The summed E-state index contributed by atoms with van der Waals surface area (Å²) < 4.78 is 13.0. The van der Waals surface area contributed by atoms with E-state index in [-0.39, 0.29) is 0 Å². The monoisotopic (exact) mass is 755 g/mol. The van der Waals surface area contributed by atoms with E-state index in [0.717, 1.165) is 78.1 Å². The van der Waals surface area contributed by atoms with Gasteiger partial charge in [0.15, 0.2) is 17.5 Å². The molecule has 8 aromatic carbocycles. The molecule has 1 atom stereocenters. The van der Waals surface area contributed by atoms with Gasteiger partial charge in [-0.1, -0.05) is 158 Å². The molecule has 5 heteroatoms. The minimum Gasteiger partial charge on any atom is -0.464 e. The van der Waals surface area contributed by atoms with Crippen LogP contribution in [0.1, 0.15) is 22.3 Å². The van der Waals surface area contributed by atoms with E-state index in [0.29, 0.717) is 17.5 Å². The number of benzene rings is 8. The Bertz CT molecular complexity index is 3210. The Morgan fingerprint density at radius 1 is 0.356 bits per heavy atom. The van der Waals surface area contributed by atoms with E-state index in [2.05, 4.69) is 127 Å². The second-order valence-electron chi connectivity index (χ2n) is 15.1. The standard InChI is InChI=1S/C54H33N3O2/c1-3-13-35(14-4-1)51-55-52(36-15-5-2-6-16-36)57-53(56-51)41-20-12-19-39(32-41)37-17-11-18-38(31-37)40-26-28-48-46(33-40)54(44-23-9-10-24-47(44)59-48)43-22-8-7-21-42(43)49-45(54)27-25-34-29-30-58-50(34)49/h1-33H. The number of aromatic nitrogens is 3. The van der Waals surface area contributed by atoms with Crippen molar-refractivity contribution in [2.45, 2.75) is 5.41 Å². The SMILES string of the molecule is c1ccc(-c2nc(-c3ccccc3)nc(-c3cccc(-c4cccc(-c5ccc6c(c5)C5(c7ccccc7O6)c6ccccc6-c6c5ccc5ccoc65)c4)c3)n2)cc1. The first-order valence-corrected chi connectivity index (χ1v) is 19.8. The summed E-state index contributed by atoms with van der Waals surface area (Å²) in [4.78, 5) is 14.9. The summed E-state index contributed by atoms with van der Waals surface area (Å²) in [6, 6.07) is 67.8. The lowest BCUT2D eigenvalue weighted by Gasteiger charge is -2.39. The van der Waals surface area contributed by atoms with Crippen LogP contribution in [0.3, 0.4) is 0 Å². The first-order chi connectivity index (χ1) is 29.2. The summed E-state index contributed by atoms with van der Waals surface area (Å²) in [5, 5.41) is 1.09. The fourth-order valence-electron chi connectivity index (χ4n) is 9.24. The maximum atomic E-state index is 6.74. The highest BCUT2D eigenvalue weighted by molar-refractivity contribution is 6.02. The topological polar surface area (TPSA) is 61.0 Å². The molecule has 0 fully saturated rings. The largest absolute Gasteiger partial charge is 0.464 e. The Kier molecular flexibility index (Phi) is 7.38. The highest BCUT2D eigenvalue weighted by Gasteiger charge is 2.52. The molecule has 10 aromatic rings. The molecular weight excluding hydrogens is 723 g/mol. The van der Waals surface area contributed by atoms with Crippen molar-refractivity contribution in [1.29, 1.82) is 0 Å². The van der Waals surface area contributed by atoms with E-state index in [1.807, 2.05) is 66.7 Å².